The van der Waals surface area contributed by atoms with Gasteiger partial charge in [-0.2, -0.15) is 13.2 Å². The molecule has 0 saturated heterocycles. The van der Waals surface area contributed by atoms with Gasteiger partial charge in [0.25, 0.3) is 10.0 Å². The van der Waals surface area contributed by atoms with Gasteiger partial charge in [0.1, 0.15) is 38.7 Å². The maximum absolute atomic E-state index is 16.1. The van der Waals surface area contributed by atoms with E-state index in [9.17, 15) is 21.6 Å². The van der Waals surface area contributed by atoms with E-state index in [0.717, 1.165) is 28.6 Å². The van der Waals surface area contributed by atoms with Crippen LogP contribution in [-0.2, 0) is 28.2 Å². The Kier molecular flexibility index (Phi) is 10.8. The normalized spacial score (nSPS) is 22.5. The molecule has 2 aliphatic rings. The maximum atomic E-state index is 16.1. The summed E-state index contributed by atoms with van der Waals surface area (Å²) in [5.41, 5.74) is -0.798. The summed E-state index contributed by atoms with van der Waals surface area (Å²) in [6, 6.07) is 12.7. The lowest BCUT2D eigenvalue weighted by Crippen LogP contribution is -2.68. The maximum Gasteiger partial charge on any atom is 0.416 e. The Labute approximate surface area is 320 Å². The Morgan fingerprint density at radius 1 is 1.02 bits per heavy atom. The van der Waals surface area contributed by atoms with E-state index in [2.05, 4.69) is 15.3 Å². The van der Waals surface area contributed by atoms with Crippen LogP contribution in [0.2, 0.25) is 5.02 Å². The average Bonchev–Trinajstić information content (AvgIpc) is 3.11. The average molecular weight is 817 g/mol. The van der Waals surface area contributed by atoms with E-state index in [1.807, 2.05) is 19.0 Å². The second-order valence-corrected chi connectivity index (χ2v) is 17.1. The van der Waals surface area contributed by atoms with Crippen molar-refractivity contribution in [1.29, 1.82) is 0 Å². The molecule has 3 unspecified atom stereocenters. The van der Waals surface area contributed by atoms with Gasteiger partial charge in [0.05, 0.1) is 37.0 Å². The van der Waals surface area contributed by atoms with Crippen LogP contribution in [0.3, 0.4) is 0 Å². The van der Waals surface area contributed by atoms with E-state index in [1.54, 1.807) is 24.3 Å². The van der Waals surface area contributed by atoms with Crippen molar-refractivity contribution in [2.24, 2.45) is 5.92 Å². The number of aromatic nitrogens is 2. The highest BCUT2D eigenvalue weighted by Gasteiger charge is 2.68. The summed E-state index contributed by atoms with van der Waals surface area (Å²) < 4.78 is 96.3. The van der Waals surface area contributed by atoms with Gasteiger partial charge in [-0.25, -0.2) is 27.1 Å². The van der Waals surface area contributed by atoms with Gasteiger partial charge in [0.2, 0.25) is 0 Å². The van der Waals surface area contributed by atoms with Crippen LogP contribution in [0.25, 0.3) is 0 Å². The molecule has 2 aliphatic carbocycles. The fourth-order valence-corrected chi connectivity index (χ4v) is 10.4. The highest BCUT2D eigenvalue weighted by molar-refractivity contribution is 7.92. The van der Waals surface area contributed by atoms with Crippen molar-refractivity contribution in [3.8, 4) is 11.5 Å². The number of ether oxygens (including phenoxy) is 2. The molecule has 1 aromatic heterocycles. The number of rotatable bonds is 11. The monoisotopic (exact) mass is 815 g/mol. The first-order valence-electron chi connectivity index (χ1n) is 16.4. The van der Waals surface area contributed by atoms with Gasteiger partial charge in [-0.3, -0.25) is 0 Å². The first-order chi connectivity index (χ1) is 24.9. The lowest BCUT2D eigenvalue weighted by atomic mass is 9.48. The van der Waals surface area contributed by atoms with Crippen molar-refractivity contribution in [1.82, 2.24) is 14.9 Å². The first kappa shape index (κ1) is 39.1. The predicted molar refractivity (Wildman–Crippen MR) is 196 cm³/mol. The van der Waals surface area contributed by atoms with Crippen molar-refractivity contribution in [2.45, 2.75) is 58.7 Å². The Hall–Kier alpha value is -3.56. The molecule has 3 aromatic carbocycles. The Morgan fingerprint density at radius 2 is 1.77 bits per heavy atom. The lowest BCUT2D eigenvalue weighted by molar-refractivity contribution is -0.137. The predicted octanol–water partition coefficient (Wildman–Crippen LogP) is 8.34. The second-order valence-electron chi connectivity index (χ2n) is 13.4. The van der Waals surface area contributed by atoms with E-state index in [4.69, 9.17) is 44.3 Å². The quantitative estimate of drug-likeness (QED) is 0.119. The fraction of sp³-hybridized carbons (Fsp3) is 0.389. The van der Waals surface area contributed by atoms with E-state index in [0.29, 0.717) is 35.5 Å². The van der Waals surface area contributed by atoms with Gasteiger partial charge in [-0.05, 0) is 75.2 Å². The number of halogens is 7. The summed E-state index contributed by atoms with van der Waals surface area (Å²) >= 11 is 20.4. The minimum Gasteiger partial charge on any atom is -0.497 e. The zero-order chi connectivity index (χ0) is 38.5. The van der Waals surface area contributed by atoms with E-state index < -0.39 is 48.3 Å². The van der Waals surface area contributed by atoms with Crippen LogP contribution in [0.1, 0.15) is 36.0 Å². The SMILES string of the molecule is COc1ccc(CN(c2ccncn2)S(=O)(=O)c2cc(Cl)c(NC3CC4CC(Cl)(Cl)[C@@]4(c4cccc(C(F)(F)F)c4)CC3N(C)C)cc2F)c(OC)c1. The third-order valence-corrected chi connectivity index (χ3v) is 13.4. The van der Waals surface area contributed by atoms with Crippen LogP contribution < -0.4 is 19.1 Å². The van der Waals surface area contributed by atoms with Crippen molar-refractivity contribution < 1.29 is 35.5 Å². The van der Waals surface area contributed by atoms with Crippen molar-refractivity contribution in [3.63, 3.8) is 0 Å². The summed E-state index contributed by atoms with van der Waals surface area (Å²) in [5.74, 6) is -0.498. The number of fused-ring (bicyclic) bond motifs is 1. The van der Waals surface area contributed by atoms with Crippen LogP contribution in [0, 0.1) is 11.7 Å². The molecular formula is C36H36Cl3F4N5O4S. The van der Waals surface area contributed by atoms with Crippen LogP contribution in [0.4, 0.5) is 29.1 Å². The van der Waals surface area contributed by atoms with Gasteiger partial charge >= 0.3 is 6.18 Å². The van der Waals surface area contributed by atoms with E-state index in [1.165, 1.54) is 38.9 Å². The summed E-state index contributed by atoms with van der Waals surface area (Å²) in [6.07, 6.45) is -1.01. The zero-order valence-electron chi connectivity index (χ0n) is 29.0. The number of hydrogen-bond donors (Lipinski definition) is 1. The number of nitrogens with zero attached hydrogens (tertiary/aromatic N) is 4. The lowest BCUT2D eigenvalue weighted by Gasteiger charge is -2.65. The Morgan fingerprint density at radius 3 is 2.40 bits per heavy atom. The molecule has 53 heavy (non-hydrogen) atoms. The van der Waals surface area contributed by atoms with E-state index >= 15 is 4.39 Å². The minimum absolute atomic E-state index is 0.0222. The van der Waals surface area contributed by atoms with Crippen molar-refractivity contribution in [3.05, 3.63) is 101 Å². The first-order valence-corrected chi connectivity index (χ1v) is 19.0. The van der Waals surface area contributed by atoms with Gasteiger partial charge < -0.3 is 19.7 Å². The zero-order valence-corrected chi connectivity index (χ0v) is 32.0. The van der Waals surface area contributed by atoms with Crippen LogP contribution in [-0.4, -0.2) is 68.0 Å². The van der Waals surface area contributed by atoms with Gasteiger partial charge in [-0.1, -0.05) is 29.8 Å². The van der Waals surface area contributed by atoms with Crippen LogP contribution >= 0.6 is 34.8 Å². The molecular weight excluding hydrogens is 781 g/mol. The second kappa shape index (κ2) is 14.6. The third-order valence-electron chi connectivity index (χ3n) is 10.3. The van der Waals surface area contributed by atoms with Crippen molar-refractivity contribution >= 4 is 56.3 Å². The standard InChI is InChI=1S/C36H36Cl3F4N5O4S/c1-47(2)30-18-34(22-6-5-7-23(12-22)36(41,42)43)24(17-35(34,38)39)13-29(30)46-28-16-27(40)32(15-26(28)37)53(49,50)48(33-10-11-44-20-45-33)19-21-8-9-25(51-3)14-31(21)52-4/h5-12,14-16,20,24,29-30,46H,13,17-19H2,1-4H3/t24?,29?,30?,34-/m1/s1. The molecule has 2 fully saturated rings. The fourth-order valence-electron chi connectivity index (χ4n) is 7.62. The number of benzene rings is 3. The molecule has 9 nitrogen and oxygen atoms in total. The third kappa shape index (κ3) is 7.20. The number of anilines is 2. The summed E-state index contributed by atoms with van der Waals surface area (Å²) in [7, 11) is 1.91. The molecule has 17 heteroatoms. The number of methoxy groups -OCH3 is 2. The molecule has 0 radical (unpaired) electrons. The van der Waals surface area contributed by atoms with Gasteiger partial charge in [0.15, 0.2) is 0 Å². The van der Waals surface area contributed by atoms with E-state index in [-0.39, 0.29) is 41.5 Å². The topological polar surface area (TPSA) is 96.9 Å². The molecule has 4 atom stereocenters. The Balaban J connectivity index is 1.32. The molecule has 2 saturated carbocycles. The largest absolute Gasteiger partial charge is 0.497 e. The smallest absolute Gasteiger partial charge is 0.416 e. The van der Waals surface area contributed by atoms with Gasteiger partial charge in [-0.15, -0.1) is 23.2 Å². The number of sulfonamides is 1. The molecule has 284 valence electrons. The number of likely N-dealkylation sites (N-methyl/N-ethyl adjacent to an activating group) is 1. The molecule has 1 N–H and O–H groups in total. The minimum atomic E-state index is -4.64. The van der Waals surface area contributed by atoms with Gasteiger partial charge in [0, 0.05) is 41.4 Å². The van der Waals surface area contributed by atoms with Crippen LogP contribution in [0.15, 0.2) is 78.1 Å². The van der Waals surface area contributed by atoms with Crippen LogP contribution in [0.5, 0.6) is 11.5 Å². The molecule has 0 aliphatic heterocycles. The number of alkyl halides is 5. The molecule has 0 amide bonds. The summed E-state index contributed by atoms with van der Waals surface area (Å²) in [6.45, 7) is -0.284. The molecule has 6 rings (SSSR count). The molecule has 4 aromatic rings. The molecule has 0 spiro atoms. The van der Waals surface area contributed by atoms with Crippen molar-refractivity contribution in [2.75, 3.05) is 37.9 Å². The summed E-state index contributed by atoms with van der Waals surface area (Å²) in [4.78, 5) is 9.22. The highest BCUT2D eigenvalue weighted by Crippen LogP contribution is 2.68. The molecule has 0 bridgehead atoms. The number of nitrogens with one attached hydrogen (secondary N) is 1. The highest BCUT2D eigenvalue weighted by atomic mass is 35.5. The summed E-state index contributed by atoms with van der Waals surface area (Å²) in [5, 5.41) is 3.24. The Bertz CT molecular complexity index is 2100. The molecule has 1 heterocycles. The number of hydrogen-bond acceptors (Lipinski definition) is 8.